The maximum atomic E-state index is 10.9. The Bertz CT molecular complexity index is 492. The molecule has 19 heavy (non-hydrogen) atoms. The van der Waals surface area contributed by atoms with Gasteiger partial charge >= 0.3 is 6.09 Å². The number of anilines is 1. The molecule has 0 unspecified atom stereocenters. The van der Waals surface area contributed by atoms with E-state index < -0.39 is 11.0 Å². The molecule has 1 aliphatic rings. The van der Waals surface area contributed by atoms with Crippen molar-refractivity contribution in [3.05, 3.63) is 34.4 Å². The van der Waals surface area contributed by atoms with Crippen molar-refractivity contribution in [2.75, 3.05) is 31.1 Å². The first-order valence-corrected chi connectivity index (χ1v) is 6.05. The van der Waals surface area contributed by atoms with Crippen LogP contribution in [0.4, 0.5) is 16.2 Å². The molecule has 0 aliphatic carbocycles. The summed E-state index contributed by atoms with van der Waals surface area (Å²) in [5.41, 5.74) is 0.818. The Morgan fingerprint density at radius 2 is 2.05 bits per heavy atom. The van der Waals surface area contributed by atoms with Crippen LogP contribution in [0.3, 0.4) is 0 Å². The second-order valence-corrected chi connectivity index (χ2v) is 4.39. The molecular weight excluding hydrogens is 250 g/mol. The molecule has 1 amide bonds. The Kier molecular flexibility index (Phi) is 3.84. The second kappa shape index (κ2) is 5.55. The maximum absolute atomic E-state index is 10.9. The van der Waals surface area contributed by atoms with Crippen LogP contribution in [-0.4, -0.2) is 47.2 Å². The molecule has 1 aromatic rings. The van der Waals surface area contributed by atoms with Crippen molar-refractivity contribution in [1.29, 1.82) is 0 Å². The quantitative estimate of drug-likeness (QED) is 0.650. The summed E-state index contributed by atoms with van der Waals surface area (Å²) in [7, 11) is 0. The van der Waals surface area contributed by atoms with Gasteiger partial charge in [-0.3, -0.25) is 10.1 Å². The van der Waals surface area contributed by atoms with Gasteiger partial charge in [-0.15, -0.1) is 0 Å². The molecule has 102 valence electrons. The van der Waals surface area contributed by atoms with Crippen molar-refractivity contribution < 1.29 is 14.8 Å². The monoisotopic (exact) mass is 265 g/mol. The highest BCUT2D eigenvalue weighted by Gasteiger charge is 2.19. The maximum Gasteiger partial charge on any atom is 0.407 e. The van der Waals surface area contributed by atoms with Gasteiger partial charge in [0, 0.05) is 44.0 Å². The van der Waals surface area contributed by atoms with Crippen molar-refractivity contribution in [3.8, 4) is 0 Å². The Hall–Kier alpha value is -2.31. The minimum Gasteiger partial charge on any atom is -0.465 e. The van der Waals surface area contributed by atoms with E-state index >= 15 is 0 Å². The molecule has 2 rings (SSSR count). The Labute approximate surface area is 110 Å². The minimum absolute atomic E-state index is 0.0526. The average Bonchev–Trinajstić information content (AvgIpc) is 2.64. The summed E-state index contributed by atoms with van der Waals surface area (Å²) in [6.07, 6.45) is -0.199. The fourth-order valence-electron chi connectivity index (χ4n) is 2.17. The number of non-ortho nitro benzene ring substituents is 1. The lowest BCUT2D eigenvalue weighted by Gasteiger charge is -2.22. The number of amides is 1. The fourth-order valence-corrected chi connectivity index (χ4v) is 2.17. The topological polar surface area (TPSA) is 86.9 Å². The first-order valence-electron chi connectivity index (χ1n) is 6.05. The van der Waals surface area contributed by atoms with Gasteiger partial charge in [-0.1, -0.05) is 6.07 Å². The lowest BCUT2D eigenvalue weighted by molar-refractivity contribution is -0.384. The molecule has 7 nitrogen and oxygen atoms in total. The van der Waals surface area contributed by atoms with Gasteiger partial charge in [-0.2, -0.15) is 0 Å². The summed E-state index contributed by atoms with van der Waals surface area (Å²) in [5.74, 6) is 0. The summed E-state index contributed by atoms with van der Waals surface area (Å²) in [6, 6.07) is 6.43. The molecule has 0 atom stereocenters. The molecule has 1 aliphatic heterocycles. The molecule has 7 heteroatoms. The van der Waals surface area contributed by atoms with Gasteiger partial charge in [0.15, 0.2) is 0 Å². The SMILES string of the molecule is O=C(O)N1CCCN(c2cccc([N+](=O)[O-])c2)CC1. The lowest BCUT2D eigenvalue weighted by atomic mass is 10.2. The third-order valence-corrected chi connectivity index (χ3v) is 3.17. The third-order valence-electron chi connectivity index (χ3n) is 3.17. The lowest BCUT2D eigenvalue weighted by Crippen LogP contribution is -2.34. The van der Waals surface area contributed by atoms with E-state index in [1.165, 1.54) is 17.0 Å². The highest BCUT2D eigenvalue weighted by atomic mass is 16.6. The van der Waals surface area contributed by atoms with Crippen molar-refractivity contribution in [3.63, 3.8) is 0 Å². The van der Waals surface area contributed by atoms with E-state index in [2.05, 4.69) is 0 Å². The molecule has 0 radical (unpaired) electrons. The zero-order valence-corrected chi connectivity index (χ0v) is 10.4. The number of benzene rings is 1. The van der Waals surface area contributed by atoms with E-state index in [1.807, 2.05) is 11.0 Å². The van der Waals surface area contributed by atoms with Gasteiger partial charge in [0.25, 0.3) is 5.69 Å². The van der Waals surface area contributed by atoms with Crippen LogP contribution in [0.25, 0.3) is 0 Å². The van der Waals surface area contributed by atoms with Gasteiger partial charge in [0.2, 0.25) is 0 Å². The number of hydrogen-bond acceptors (Lipinski definition) is 4. The predicted octanol–water partition coefficient (Wildman–Crippen LogP) is 1.78. The van der Waals surface area contributed by atoms with Crippen molar-refractivity contribution in [1.82, 2.24) is 4.90 Å². The molecule has 0 bridgehead atoms. The fraction of sp³-hybridized carbons (Fsp3) is 0.417. The zero-order chi connectivity index (χ0) is 13.8. The van der Waals surface area contributed by atoms with Gasteiger partial charge in [-0.05, 0) is 12.5 Å². The normalized spacial score (nSPS) is 16.0. The largest absolute Gasteiger partial charge is 0.465 e. The molecular formula is C12H15N3O4. The van der Waals surface area contributed by atoms with E-state index in [-0.39, 0.29) is 5.69 Å². The number of nitro benzene ring substituents is 1. The molecule has 1 saturated heterocycles. The Balaban J connectivity index is 2.12. The predicted molar refractivity (Wildman–Crippen MR) is 69.5 cm³/mol. The summed E-state index contributed by atoms with van der Waals surface area (Å²) < 4.78 is 0. The van der Waals surface area contributed by atoms with Crippen LogP contribution in [0.15, 0.2) is 24.3 Å². The number of carboxylic acid groups (broad SMARTS) is 1. The molecule has 1 fully saturated rings. The van der Waals surface area contributed by atoms with E-state index in [0.717, 1.165) is 12.1 Å². The summed E-state index contributed by atoms with van der Waals surface area (Å²) in [5, 5.41) is 19.7. The van der Waals surface area contributed by atoms with Crippen LogP contribution in [0.5, 0.6) is 0 Å². The third kappa shape index (κ3) is 3.12. The number of nitro groups is 1. The standard InChI is InChI=1S/C12H15N3O4/c16-12(17)14-6-2-5-13(7-8-14)10-3-1-4-11(9-10)15(18)19/h1,3-4,9H,2,5-8H2,(H,16,17). The first-order chi connectivity index (χ1) is 9.08. The Morgan fingerprint density at radius 1 is 1.26 bits per heavy atom. The number of hydrogen-bond donors (Lipinski definition) is 1. The van der Waals surface area contributed by atoms with E-state index in [1.54, 1.807) is 6.07 Å². The summed E-state index contributed by atoms with van der Waals surface area (Å²) in [6.45, 7) is 2.16. The highest BCUT2D eigenvalue weighted by molar-refractivity contribution is 5.65. The molecule has 1 N–H and O–H groups in total. The molecule has 0 spiro atoms. The molecule has 1 heterocycles. The summed E-state index contributed by atoms with van der Waals surface area (Å²) in [4.78, 5) is 24.6. The van der Waals surface area contributed by atoms with Crippen LogP contribution in [0, 0.1) is 10.1 Å². The van der Waals surface area contributed by atoms with Crippen LogP contribution >= 0.6 is 0 Å². The molecule has 0 saturated carbocycles. The van der Waals surface area contributed by atoms with Crippen LogP contribution in [0.2, 0.25) is 0 Å². The van der Waals surface area contributed by atoms with Gasteiger partial charge in [0.05, 0.1) is 4.92 Å². The van der Waals surface area contributed by atoms with Crippen molar-refractivity contribution in [2.45, 2.75) is 6.42 Å². The van der Waals surface area contributed by atoms with Crippen molar-refractivity contribution in [2.24, 2.45) is 0 Å². The summed E-state index contributed by atoms with van der Waals surface area (Å²) >= 11 is 0. The molecule has 0 aromatic heterocycles. The average molecular weight is 265 g/mol. The number of carbonyl (C=O) groups is 1. The number of rotatable bonds is 2. The van der Waals surface area contributed by atoms with Crippen LogP contribution in [-0.2, 0) is 0 Å². The smallest absolute Gasteiger partial charge is 0.407 e. The zero-order valence-electron chi connectivity index (χ0n) is 10.4. The molecule has 1 aromatic carbocycles. The second-order valence-electron chi connectivity index (χ2n) is 4.39. The van der Waals surface area contributed by atoms with Crippen LogP contribution in [0.1, 0.15) is 6.42 Å². The minimum atomic E-state index is -0.916. The van der Waals surface area contributed by atoms with Gasteiger partial charge in [0.1, 0.15) is 0 Å². The van der Waals surface area contributed by atoms with Gasteiger partial charge in [-0.25, -0.2) is 4.79 Å². The van der Waals surface area contributed by atoms with Crippen molar-refractivity contribution >= 4 is 17.5 Å². The number of nitrogens with zero attached hydrogens (tertiary/aromatic N) is 3. The van der Waals surface area contributed by atoms with E-state index in [0.29, 0.717) is 26.2 Å². The van der Waals surface area contributed by atoms with Gasteiger partial charge < -0.3 is 14.9 Å². The highest BCUT2D eigenvalue weighted by Crippen LogP contribution is 2.22. The van der Waals surface area contributed by atoms with Crippen LogP contribution < -0.4 is 4.90 Å². The van der Waals surface area contributed by atoms with E-state index in [9.17, 15) is 14.9 Å². The Morgan fingerprint density at radius 3 is 2.74 bits per heavy atom. The van der Waals surface area contributed by atoms with E-state index in [4.69, 9.17) is 5.11 Å². The first kappa shape index (κ1) is 13.1.